The van der Waals surface area contributed by atoms with E-state index in [1.165, 1.54) is 0 Å². The molecule has 0 saturated heterocycles. The van der Waals surface area contributed by atoms with E-state index >= 15 is 0 Å². The molecule has 0 aliphatic heterocycles. The molecule has 0 bridgehead atoms. The first-order valence-corrected chi connectivity index (χ1v) is 0.583. The van der Waals surface area contributed by atoms with E-state index in [9.17, 15) is 0 Å². The molecule has 0 atom stereocenters. The van der Waals surface area contributed by atoms with Crippen molar-refractivity contribution in [1.29, 1.82) is 0 Å². The Labute approximate surface area is 41.6 Å². The summed E-state index contributed by atoms with van der Waals surface area (Å²) in [7, 11) is 0. The maximum Gasteiger partial charge on any atom is 0.472 e. The van der Waals surface area contributed by atoms with Gasteiger partial charge in [0.1, 0.15) is 4.91 Å². The molecular weight excluding hydrogens is 168 g/mol. The molecule has 0 aliphatic carbocycles. The van der Waals surface area contributed by atoms with E-state index in [1.54, 1.807) is 0 Å². The minimum Gasteiger partial charge on any atom is -0.201 e. The Balaban J connectivity index is 0. The molecular formula is H2NO3Pd+. The second kappa shape index (κ2) is 3.86. The van der Waals surface area contributed by atoms with E-state index in [0.29, 0.717) is 0 Å². The van der Waals surface area contributed by atoms with Gasteiger partial charge in [0.15, 0.2) is 0 Å². The number of hydrogen-bond donors (Lipinski definition) is 2. The van der Waals surface area contributed by atoms with Gasteiger partial charge in [-0.2, -0.15) is 0 Å². The van der Waals surface area contributed by atoms with Gasteiger partial charge in [-0.1, -0.05) is 0 Å². The van der Waals surface area contributed by atoms with Crippen molar-refractivity contribution in [3.63, 3.8) is 0 Å². The largest absolute Gasteiger partial charge is 0.472 e. The third-order valence-electron chi connectivity index (χ3n) is 0. The standard InChI is InChI=1S/H2NO3.Pd/c2-1(3)4;/h(H2,2,3,4);/q+1;. The first-order chi connectivity index (χ1) is 1.73. The molecule has 0 amide bonds. The Morgan fingerprint density at radius 1 is 1.40 bits per heavy atom. The van der Waals surface area contributed by atoms with Crippen LogP contribution >= 0.6 is 0 Å². The van der Waals surface area contributed by atoms with Gasteiger partial charge in [-0.3, -0.25) is 0 Å². The quantitative estimate of drug-likeness (QED) is 0.382. The Morgan fingerprint density at radius 2 is 1.40 bits per heavy atom. The van der Waals surface area contributed by atoms with Crippen LogP contribution in [0.15, 0.2) is 0 Å². The minimum atomic E-state index is -1.25. The average Bonchev–Trinajstić information content (AvgIpc) is 0.811. The van der Waals surface area contributed by atoms with Crippen LogP contribution in [0.1, 0.15) is 0 Å². The molecule has 0 radical (unpaired) electrons. The monoisotopic (exact) mass is 170 g/mol. The van der Waals surface area contributed by atoms with E-state index < -0.39 is 5.09 Å². The van der Waals surface area contributed by atoms with Gasteiger partial charge in [-0.15, -0.1) is 0 Å². The van der Waals surface area contributed by atoms with Gasteiger partial charge in [-0.25, -0.2) is 10.4 Å². The van der Waals surface area contributed by atoms with Crippen LogP contribution in [-0.2, 0) is 20.4 Å². The first-order valence-electron chi connectivity index (χ1n) is 0.583. The molecule has 0 aromatic carbocycles. The minimum absolute atomic E-state index is 0. The van der Waals surface area contributed by atoms with Gasteiger partial charge in [0.25, 0.3) is 0 Å². The third kappa shape index (κ3) is 707. The molecule has 5 heavy (non-hydrogen) atoms. The first kappa shape index (κ1) is 8.85. The summed E-state index contributed by atoms with van der Waals surface area (Å²) in [6.07, 6.45) is 0. The fourth-order valence-corrected chi connectivity index (χ4v) is 0. The van der Waals surface area contributed by atoms with Crippen molar-refractivity contribution >= 4 is 0 Å². The predicted octanol–water partition coefficient (Wildman–Crippen LogP) is -0.459. The van der Waals surface area contributed by atoms with Gasteiger partial charge in [0.2, 0.25) is 0 Å². The topological polar surface area (TPSA) is 60.5 Å². The van der Waals surface area contributed by atoms with Crippen molar-refractivity contribution in [3.8, 4) is 0 Å². The molecule has 0 aromatic rings. The van der Waals surface area contributed by atoms with E-state index in [-0.39, 0.29) is 20.4 Å². The van der Waals surface area contributed by atoms with Crippen molar-refractivity contribution in [2.24, 2.45) is 0 Å². The zero-order chi connectivity index (χ0) is 3.58. The van der Waals surface area contributed by atoms with E-state index in [1.807, 2.05) is 0 Å². The van der Waals surface area contributed by atoms with Gasteiger partial charge < -0.3 is 0 Å². The van der Waals surface area contributed by atoms with Gasteiger partial charge in [0.05, 0.1) is 0 Å². The smallest absolute Gasteiger partial charge is 0.201 e. The normalized spacial score (nSPS) is 4.80. The van der Waals surface area contributed by atoms with E-state index in [4.69, 9.17) is 15.3 Å². The Morgan fingerprint density at radius 3 is 1.40 bits per heavy atom. The maximum absolute atomic E-state index is 8.47. The molecule has 34 valence electrons. The van der Waals surface area contributed by atoms with E-state index in [0.717, 1.165) is 0 Å². The van der Waals surface area contributed by atoms with Crippen LogP contribution in [0.25, 0.3) is 0 Å². The predicted molar refractivity (Wildman–Crippen MR) is 7.20 cm³/mol. The van der Waals surface area contributed by atoms with Crippen LogP contribution in [0.2, 0.25) is 0 Å². The van der Waals surface area contributed by atoms with Crippen molar-refractivity contribution in [1.82, 2.24) is 0 Å². The second-order valence-corrected chi connectivity index (χ2v) is 0.253. The molecule has 4 nitrogen and oxygen atoms in total. The van der Waals surface area contributed by atoms with Crippen LogP contribution in [-0.4, -0.2) is 15.5 Å². The molecule has 5 heteroatoms. The third-order valence-corrected chi connectivity index (χ3v) is 0. The maximum atomic E-state index is 8.47. The number of nitrogens with zero attached hydrogens (tertiary/aromatic N) is 1. The fourth-order valence-electron chi connectivity index (χ4n) is 0. The molecule has 2 N–H and O–H groups in total. The van der Waals surface area contributed by atoms with Crippen LogP contribution in [0.3, 0.4) is 0 Å². The summed E-state index contributed by atoms with van der Waals surface area (Å²) in [5.74, 6) is 0. The molecule has 0 fully saturated rings. The van der Waals surface area contributed by atoms with Gasteiger partial charge >= 0.3 is 5.09 Å². The van der Waals surface area contributed by atoms with Crippen molar-refractivity contribution in [2.45, 2.75) is 0 Å². The fraction of sp³-hybridized carbons (Fsp3) is 0. The molecule has 0 heterocycles. The summed E-state index contributed by atoms with van der Waals surface area (Å²) in [5, 5.41) is 12.5. The Hall–Kier alpha value is -0.138. The number of hydrogen-bond acceptors (Lipinski definition) is 1. The Kier molecular flexibility index (Phi) is 6.84. The van der Waals surface area contributed by atoms with Crippen molar-refractivity contribution in [2.75, 3.05) is 0 Å². The molecule has 0 aromatic heterocycles. The molecule has 0 spiro atoms. The summed E-state index contributed by atoms with van der Waals surface area (Å²) in [6, 6.07) is 0. The molecule has 0 aliphatic rings. The molecule has 0 unspecified atom stereocenters. The number of rotatable bonds is 0. The molecule has 0 rings (SSSR count). The van der Waals surface area contributed by atoms with E-state index in [2.05, 4.69) is 0 Å². The van der Waals surface area contributed by atoms with Gasteiger partial charge in [-0.05, 0) is 0 Å². The SMILES string of the molecule is O=[N+](O)O.[Pd]. The summed E-state index contributed by atoms with van der Waals surface area (Å²) in [6.45, 7) is 0. The van der Waals surface area contributed by atoms with Gasteiger partial charge in [0, 0.05) is 20.4 Å². The van der Waals surface area contributed by atoms with Crippen molar-refractivity contribution < 1.29 is 35.9 Å². The Bertz CT molecular complexity index is 29.9. The van der Waals surface area contributed by atoms with Crippen LogP contribution in [0.5, 0.6) is 0 Å². The average molecular weight is 170 g/mol. The van der Waals surface area contributed by atoms with Crippen LogP contribution in [0, 0.1) is 4.91 Å². The summed E-state index contributed by atoms with van der Waals surface area (Å²) < 4.78 is 0. The second-order valence-electron chi connectivity index (χ2n) is 0.253. The zero-order valence-electron chi connectivity index (χ0n) is 2.07. The zero-order valence-corrected chi connectivity index (χ0v) is 3.62. The van der Waals surface area contributed by atoms with Crippen LogP contribution in [0.4, 0.5) is 0 Å². The summed E-state index contributed by atoms with van der Waals surface area (Å²) in [4.78, 5) is 8.47. The van der Waals surface area contributed by atoms with Crippen LogP contribution < -0.4 is 0 Å². The summed E-state index contributed by atoms with van der Waals surface area (Å²) in [5.41, 5.74) is 0. The van der Waals surface area contributed by atoms with Crippen molar-refractivity contribution in [3.05, 3.63) is 4.91 Å². The molecule has 0 saturated carbocycles. The summed E-state index contributed by atoms with van der Waals surface area (Å²) >= 11 is 0.